The lowest BCUT2D eigenvalue weighted by atomic mass is 10.1. The van der Waals surface area contributed by atoms with E-state index in [1.807, 2.05) is 146 Å². The van der Waals surface area contributed by atoms with Crippen molar-refractivity contribution in [2.24, 2.45) is 0 Å². The molecule has 0 aromatic heterocycles. The minimum absolute atomic E-state index is 0.0927. The predicted octanol–water partition coefficient (Wildman–Crippen LogP) is 14.3. The van der Waals surface area contributed by atoms with Crippen LogP contribution in [0.4, 0.5) is 0 Å². The average molecular weight is 1460 g/mol. The minimum Gasteiger partial charge on any atom is -0.416 e. The molecule has 95 heavy (non-hydrogen) atoms. The van der Waals surface area contributed by atoms with E-state index in [0.29, 0.717) is 53.8 Å². The van der Waals surface area contributed by atoms with Crippen LogP contribution in [-0.2, 0) is 113 Å². The van der Waals surface area contributed by atoms with Crippen molar-refractivity contribution >= 4 is 74.1 Å². The van der Waals surface area contributed by atoms with Crippen molar-refractivity contribution in [1.29, 1.82) is 0 Å². The van der Waals surface area contributed by atoms with Gasteiger partial charge >= 0.3 is 26.9 Å². The zero-order chi connectivity index (χ0) is 68.7. The molecule has 524 valence electrons. The van der Waals surface area contributed by atoms with Gasteiger partial charge in [0, 0.05) is 74.7 Å². The van der Waals surface area contributed by atoms with Gasteiger partial charge in [-0.15, -0.1) is 0 Å². The highest BCUT2D eigenvalue weighted by molar-refractivity contribution is 8.08. The van der Waals surface area contributed by atoms with E-state index in [1.54, 1.807) is 0 Å². The molecular weight excluding hydrogens is 1360 g/mol. The Hall–Kier alpha value is -3.76. The van der Waals surface area contributed by atoms with Gasteiger partial charge in [0.2, 0.25) is 0 Å². The molecule has 0 saturated carbocycles. The third kappa shape index (κ3) is 32.9. The number of likely N-dealkylation sites (N-methyl/N-ethyl adjacent to an activating group) is 6. The highest BCUT2D eigenvalue weighted by Gasteiger charge is 2.30. The average Bonchev–Trinajstić information content (AvgIpc) is 0.884. The summed E-state index contributed by atoms with van der Waals surface area (Å²) in [6.45, 7) is -7.72. The summed E-state index contributed by atoms with van der Waals surface area (Å²) in [7, 11) is 24.7. The molecule has 0 fully saturated rings. The van der Waals surface area contributed by atoms with Crippen molar-refractivity contribution < 1.29 is 54.3 Å². The van der Waals surface area contributed by atoms with Crippen LogP contribution in [0.2, 0.25) is 0 Å². The molecule has 26 heteroatoms. The van der Waals surface area contributed by atoms with E-state index in [1.165, 1.54) is 33.4 Å². The van der Waals surface area contributed by atoms with Gasteiger partial charge in [0.05, 0.1) is 39.6 Å². The Morgan fingerprint density at radius 2 is 0.358 bits per heavy atom. The van der Waals surface area contributed by atoms with Crippen LogP contribution in [-0.4, -0.2) is 193 Å². The summed E-state index contributed by atoms with van der Waals surface area (Å²) in [4.78, 5) is 12.9. The molecule has 0 atom stereocenters. The van der Waals surface area contributed by atoms with Gasteiger partial charge in [-0.1, -0.05) is 72.8 Å². The number of hydrogen-bond acceptors (Lipinski definition) is 22. The molecule has 0 aliphatic heterocycles. The predicted molar refractivity (Wildman–Crippen MR) is 403 cm³/mol. The van der Waals surface area contributed by atoms with Gasteiger partial charge in [-0.05, 0) is 260 Å². The van der Waals surface area contributed by atoms with Crippen LogP contribution in [0.3, 0.4) is 0 Å². The third-order valence-corrected chi connectivity index (χ3v) is 23.1. The summed E-state index contributed by atoms with van der Waals surface area (Å²) in [5, 5.41) is 0. The Balaban J connectivity index is 1.16. The number of rotatable bonds is 48. The highest BCUT2D eigenvalue weighted by Crippen LogP contribution is 2.54. The first-order valence-corrected chi connectivity index (χ1v) is 42.4. The van der Waals surface area contributed by atoms with Crippen molar-refractivity contribution in [2.45, 2.75) is 57.8 Å². The van der Waals surface area contributed by atoms with Crippen LogP contribution in [0.25, 0.3) is 0 Å². The van der Waals surface area contributed by atoms with E-state index >= 15 is 0 Å². The maximum atomic E-state index is 6.44. The van der Waals surface area contributed by atoms with Crippen LogP contribution in [0, 0.1) is 0 Å². The zero-order valence-corrected chi connectivity index (χ0v) is 64.6. The maximum absolute atomic E-state index is 6.44. The monoisotopic (exact) mass is 1460 g/mol. The van der Waals surface area contributed by atoms with Crippen LogP contribution >= 0.6 is 26.9 Å². The lowest BCUT2D eigenvalue weighted by molar-refractivity contribution is 0.134. The van der Waals surface area contributed by atoms with Gasteiger partial charge in [0.25, 0.3) is 0 Å². The molecule has 0 bridgehead atoms. The van der Waals surface area contributed by atoms with E-state index in [9.17, 15) is 0 Å². The molecule has 0 unspecified atom stereocenters. The SMILES string of the molecule is CN(C)CCc1ccc(OP(=S)(OCCCOP(=S)(OCCCOP(=S)(Oc2ccc(CCN(C)C)cc2)Oc2ccc(CCN(C)C)cc2)OCCCOP(=S)(Oc2ccc(CCN(C)C)cc2)Oc2ccc(CCN(C)C)cc2)Oc2ccc(CCN(C)C)cc2)cc1. The Labute approximate surface area is 588 Å². The standard InChI is InChI=1S/C69H102N6O12P4S4/c1-70(2)46-40-58-16-28-64(29-17-58)82-89(93,83-65-30-18-59(19-31-65)41-47-71(3)4)79-55-13-52-76-88(92,77-53-14-56-80-90(94,84-66-32-20-60(21-33-66)42-48-72(5)6)85-67-34-22-61(23-35-67)43-49-73(7)8)78-54-15-57-81-91(95,86-68-36-24-62(25-37-68)44-50-74(9)10)87-69-38-26-63(27-39-69)45-51-75(11)12/h16-39H,13-15,40-57H2,1-12H3. The quantitative estimate of drug-likeness (QED) is 0.0265. The number of nitrogens with zero attached hydrogens (tertiary/aromatic N) is 6. The van der Waals surface area contributed by atoms with Gasteiger partial charge < -0.3 is 70.1 Å². The van der Waals surface area contributed by atoms with Gasteiger partial charge in [0.1, 0.15) is 34.5 Å². The molecule has 6 rings (SSSR count). The fraction of sp³-hybridized carbons (Fsp3) is 0.478. The van der Waals surface area contributed by atoms with Gasteiger partial charge in [-0.25, -0.2) is 0 Å². The lowest BCUT2D eigenvalue weighted by Crippen LogP contribution is -2.15. The Bertz CT molecular complexity index is 2810. The van der Waals surface area contributed by atoms with Crippen molar-refractivity contribution in [2.75, 3.05) is 163 Å². The fourth-order valence-electron chi connectivity index (χ4n) is 8.75. The second-order valence-corrected chi connectivity index (χ2v) is 36.2. The van der Waals surface area contributed by atoms with E-state index in [2.05, 4.69) is 114 Å². The zero-order valence-electron chi connectivity index (χ0n) is 57.7. The largest absolute Gasteiger partial charge is 0.434 e. The summed E-state index contributed by atoms with van der Waals surface area (Å²) in [6, 6.07) is 47.2. The number of hydrogen-bond donors (Lipinski definition) is 0. The molecule has 18 nitrogen and oxygen atoms in total. The summed E-state index contributed by atoms with van der Waals surface area (Å²) >= 11 is 24.6. The first kappa shape index (κ1) is 80.2. The van der Waals surface area contributed by atoms with E-state index in [4.69, 9.17) is 102 Å². The van der Waals surface area contributed by atoms with Crippen LogP contribution in [0.5, 0.6) is 34.5 Å². The lowest BCUT2D eigenvalue weighted by Gasteiger charge is -2.25. The van der Waals surface area contributed by atoms with Crippen LogP contribution < -0.4 is 27.1 Å². The molecular formula is C69H102N6O12P4S4. The van der Waals surface area contributed by atoms with Crippen molar-refractivity contribution in [3.8, 4) is 34.5 Å². The number of benzene rings is 6. The highest BCUT2D eigenvalue weighted by atomic mass is 32.5. The first-order valence-electron chi connectivity index (χ1n) is 32.2. The molecule has 6 aromatic carbocycles. The van der Waals surface area contributed by atoms with E-state index in [-0.39, 0.29) is 39.6 Å². The summed E-state index contributed by atoms with van der Waals surface area (Å²) in [5.74, 6) is 3.24. The van der Waals surface area contributed by atoms with Crippen molar-refractivity contribution in [1.82, 2.24) is 29.4 Å². The van der Waals surface area contributed by atoms with E-state index in [0.717, 1.165) is 77.8 Å². The molecule has 0 saturated heterocycles. The Kier molecular flexibility index (Phi) is 35.2. The second-order valence-electron chi connectivity index (χ2n) is 24.6. The summed E-state index contributed by atoms with van der Waals surface area (Å²) in [5.41, 5.74) is 7.02. The Morgan fingerprint density at radius 3 is 0.495 bits per heavy atom. The molecule has 0 radical (unpaired) electrons. The Morgan fingerprint density at radius 1 is 0.221 bits per heavy atom. The first-order chi connectivity index (χ1) is 45.3. The third-order valence-electron chi connectivity index (χ3n) is 14.3. The molecule has 0 spiro atoms. The van der Waals surface area contributed by atoms with Crippen LogP contribution in [0.1, 0.15) is 52.6 Å². The topological polar surface area (TPSA) is 130 Å². The second kappa shape index (κ2) is 41.7. The fourth-order valence-corrected chi connectivity index (χ4v) is 16.7. The molecule has 6 aromatic rings. The van der Waals surface area contributed by atoms with Crippen molar-refractivity contribution in [3.63, 3.8) is 0 Å². The van der Waals surface area contributed by atoms with Gasteiger partial charge in [-0.2, -0.15) is 0 Å². The molecule has 0 amide bonds. The van der Waals surface area contributed by atoms with Gasteiger partial charge in [-0.3, -0.25) is 13.6 Å². The van der Waals surface area contributed by atoms with Gasteiger partial charge in [0.15, 0.2) is 0 Å². The van der Waals surface area contributed by atoms with Crippen molar-refractivity contribution in [3.05, 3.63) is 179 Å². The molecule has 0 aliphatic carbocycles. The normalized spacial score (nSPS) is 12.4. The van der Waals surface area contributed by atoms with Crippen LogP contribution in [0.15, 0.2) is 146 Å². The maximum Gasteiger partial charge on any atom is 0.434 e. The molecule has 0 heterocycles. The molecule has 0 N–H and O–H groups in total. The summed E-state index contributed by atoms with van der Waals surface area (Å²) in [6.07, 6.45) is 6.34. The molecule has 0 aliphatic rings. The summed E-state index contributed by atoms with van der Waals surface area (Å²) < 4.78 is 77.2. The van der Waals surface area contributed by atoms with E-state index < -0.39 is 26.9 Å². The smallest absolute Gasteiger partial charge is 0.416 e. The minimum atomic E-state index is -3.48.